The first kappa shape index (κ1) is 23.8. The van der Waals surface area contributed by atoms with Crippen molar-refractivity contribution >= 4 is 5.97 Å². The molecule has 0 spiro atoms. The number of hydrogen-bond acceptors (Lipinski definition) is 3. The Kier molecular flexibility index (Phi) is 10.4. The number of unbranched alkanes of at least 4 members (excludes halogenated alkanes) is 2. The van der Waals surface area contributed by atoms with Gasteiger partial charge in [0.15, 0.2) is 0 Å². The van der Waals surface area contributed by atoms with Crippen molar-refractivity contribution in [3.63, 3.8) is 0 Å². The molecule has 0 aliphatic rings. The molecule has 156 valence electrons. The van der Waals surface area contributed by atoms with Crippen molar-refractivity contribution in [2.75, 3.05) is 0 Å². The molecular weight excluding hydrogens is 352 g/mol. The van der Waals surface area contributed by atoms with Crippen LogP contribution >= 0.6 is 0 Å². The molecule has 3 N–H and O–H groups in total. The molecule has 0 radical (unpaired) electrons. The van der Waals surface area contributed by atoms with Crippen LogP contribution < -0.4 is 0 Å². The lowest BCUT2D eigenvalue weighted by Gasteiger charge is -2.14. The van der Waals surface area contributed by atoms with Gasteiger partial charge in [0.05, 0.1) is 0 Å². The predicted molar refractivity (Wildman–Crippen MR) is 115 cm³/mol. The minimum Gasteiger partial charge on any atom is -0.508 e. The monoisotopic (exact) mass is 388 g/mol. The Morgan fingerprint density at radius 1 is 1.07 bits per heavy atom. The van der Waals surface area contributed by atoms with Crippen LogP contribution in [0.15, 0.2) is 29.4 Å². The maximum Gasteiger partial charge on any atom is 0.339 e. The number of carbonyl (C=O) groups is 1. The number of aromatic carboxylic acids is 1. The number of aryl methyl sites for hydroxylation is 1. The van der Waals surface area contributed by atoms with Crippen LogP contribution in [0.2, 0.25) is 0 Å². The van der Waals surface area contributed by atoms with Crippen molar-refractivity contribution in [2.24, 2.45) is 0 Å². The van der Waals surface area contributed by atoms with Gasteiger partial charge in [-0.3, -0.25) is 0 Å². The molecule has 0 fully saturated rings. The molecule has 28 heavy (non-hydrogen) atoms. The van der Waals surface area contributed by atoms with Gasteiger partial charge in [0.1, 0.15) is 17.1 Å². The second-order valence-corrected chi connectivity index (χ2v) is 7.38. The average Bonchev–Trinajstić information content (AvgIpc) is 2.64. The number of allylic oxidation sites excluding steroid dienone is 4. The van der Waals surface area contributed by atoms with Crippen LogP contribution in [0.5, 0.6) is 11.5 Å². The van der Waals surface area contributed by atoms with E-state index in [0.717, 1.165) is 50.5 Å². The van der Waals surface area contributed by atoms with Crippen molar-refractivity contribution in [2.45, 2.75) is 85.5 Å². The van der Waals surface area contributed by atoms with Gasteiger partial charge in [0.25, 0.3) is 0 Å². The topological polar surface area (TPSA) is 77.8 Å². The van der Waals surface area contributed by atoms with E-state index in [1.54, 1.807) is 0 Å². The van der Waals surface area contributed by atoms with Crippen molar-refractivity contribution in [1.29, 1.82) is 0 Å². The highest BCUT2D eigenvalue weighted by Crippen LogP contribution is 2.35. The van der Waals surface area contributed by atoms with Crippen LogP contribution in [0.1, 0.15) is 94.1 Å². The minimum absolute atomic E-state index is 0.0304. The Morgan fingerprint density at radius 2 is 1.75 bits per heavy atom. The van der Waals surface area contributed by atoms with Crippen LogP contribution in [0, 0.1) is 0 Å². The Morgan fingerprint density at radius 3 is 2.32 bits per heavy atom. The normalized spacial score (nSPS) is 11.5. The number of phenolic OH excluding ortho intramolecular Hbond substituents is 1. The Balaban J connectivity index is 2.97. The highest BCUT2D eigenvalue weighted by molar-refractivity contribution is 5.93. The zero-order valence-electron chi connectivity index (χ0n) is 17.8. The first-order valence-corrected chi connectivity index (χ1v) is 10.5. The summed E-state index contributed by atoms with van der Waals surface area (Å²) in [6.07, 6.45) is 12.0. The number of rotatable bonds is 12. The van der Waals surface area contributed by atoms with Gasteiger partial charge < -0.3 is 15.3 Å². The van der Waals surface area contributed by atoms with Gasteiger partial charge in [-0.05, 0) is 63.5 Å². The molecular formula is C24H36O4. The molecule has 0 aliphatic carbocycles. The fraction of sp³-hybridized carbons (Fsp3) is 0.542. The molecule has 0 saturated carbocycles. The number of aromatic hydroxyl groups is 2. The van der Waals surface area contributed by atoms with E-state index in [1.165, 1.54) is 11.6 Å². The fourth-order valence-corrected chi connectivity index (χ4v) is 3.37. The lowest BCUT2D eigenvalue weighted by Crippen LogP contribution is -2.05. The molecule has 1 aromatic carbocycles. The van der Waals surface area contributed by atoms with Gasteiger partial charge in [-0.25, -0.2) is 4.79 Å². The largest absolute Gasteiger partial charge is 0.508 e. The number of carboxylic acids is 1. The third-order valence-electron chi connectivity index (χ3n) is 5.26. The summed E-state index contributed by atoms with van der Waals surface area (Å²) >= 11 is 0. The maximum atomic E-state index is 11.7. The van der Waals surface area contributed by atoms with E-state index in [0.29, 0.717) is 18.4 Å². The molecule has 4 heteroatoms. The van der Waals surface area contributed by atoms with E-state index in [9.17, 15) is 20.1 Å². The van der Waals surface area contributed by atoms with E-state index >= 15 is 0 Å². The Hall–Kier alpha value is -2.23. The van der Waals surface area contributed by atoms with E-state index < -0.39 is 5.97 Å². The second-order valence-electron chi connectivity index (χ2n) is 7.38. The highest BCUT2D eigenvalue weighted by atomic mass is 16.4. The fourth-order valence-electron chi connectivity index (χ4n) is 3.37. The third kappa shape index (κ3) is 7.06. The van der Waals surface area contributed by atoms with Crippen molar-refractivity contribution < 1.29 is 20.1 Å². The predicted octanol–water partition coefficient (Wildman–Crippen LogP) is 6.54. The van der Waals surface area contributed by atoms with E-state index in [-0.39, 0.29) is 22.6 Å². The number of benzene rings is 1. The second kappa shape index (κ2) is 12.3. The average molecular weight is 389 g/mol. The highest BCUT2D eigenvalue weighted by Gasteiger charge is 2.21. The lowest BCUT2D eigenvalue weighted by atomic mass is 9.94. The number of phenols is 2. The van der Waals surface area contributed by atoms with Gasteiger partial charge >= 0.3 is 5.97 Å². The first-order chi connectivity index (χ1) is 13.3. The summed E-state index contributed by atoms with van der Waals surface area (Å²) in [6.45, 7) is 8.42. The Bertz CT molecular complexity index is 708. The summed E-state index contributed by atoms with van der Waals surface area (Å²) in [4.78, 5) is 11.7. The zero-order valence-corrected chi connectivity index (χ0v) is 17.8. The van der Waals surface area contributed by atoms with Gasteiger partial charge in [0.2, 0.25) is 0 Å². The standard InChI is InChI=1S/C24H36O4/c1-5-8-9-13-19-16-21(25)20(23(26)22(19)24(27)28)15-14-17(4)11-10-12-18(6-2)7-3/h12,14,16,25-26H,5-11,13,15H2,1-4H3,(H,27,28). The Labute approximate surface area is 169 Å². The summed E-state index contributed by atoms with van der Waals surface area (Å²) in [5.41, 5.74) is 3.32. The number of hydrogen-bond donors (Lipinski definition) is 3. The molecule has 0 heterocycles. The van der Waals surface area contributed by atoms with Crippen LogP contribution in [0.4, 0.5) is 0 Å². The SMILES string of the molecule is CCCCCc1cc(O)c(CC=C(C)CCC=C(CC)CC)c(O)c1C(=O)O. The van der Waals surface area contributed by atoms with Crippen LogP contribution in [0.25, 0.3) is 0 Å². The van der Waals surface area contributed by atoms with E-state index in [4.69, 9.17) is 0 Å². The van der Waals surface area contributed by atoms with Crippen molar-refractivity contribution in [1.82, 2.24) is 0 Å². The van der Waals surface area contributed by atoms with E-state index in [2.05, 4.69) is 26.8 Å². The summed E-state index contributed by atoms with van der Waals surface area (Å²) in [5.74, 6) is -1.48. The van der Waals surface area contributed by atoms with Crippen LogP contribution in [-0.2, 0) is 12.8 Å². The summed E-state index contributed by atoms with van der Waals surface area (Å²) in [6, 6.07) is 1.51. The molecule has 0 unspecified atom stereocenters. The molecule has 1 rings (SSSR count). The van der Waals surface area contributed by atoms with E-state index in [1.807, 2.05) is 13.0 Å². The third-order valence-corrected chi connectivity index (χ3v) is 5.26. The molecule has 0 amide bonds. The first-order valence-electron chi connectivity index (χ1n) is 10.5. The molecule has 0 aliphatic heterocycles. The minimum atomic E-state index is -1.15. The summed E-state index contributed by atoms with van der Waals surface area (Å²) in [5, 5.41) is 30.4. The van der Waals surface area contributed by atoms with Gasteiger partial charge in [0, 0.05) is 5.56 Å². The smallest absolute Gasteiger partial charge is 0.339 e. The number of carboxylic acid groups (broad SMARTS) is 1. The van der Waals surface area contributed by atoms with Gasteiger partial charge in [-0.2, -0.15) is 0 Å². The van der Waals surface area contributed by atoms with Crippen LogP contribution in [-0.4, -0.2) is 21.3 Å². The van der Waals surface area contributed by atoms with Crippen molar-refractivity contribution in [3.05, 3.63) is 46.1 Å². The maximum absolute atomic E-state index is 11.7. The quantitative estimate of drug-likeness (QED) is 0.280. The van der Waals surface area contributed by atoms with Crippen LogP contribution in [0.3, 0.4) is 0 Å². The molecule has 0 bridgehead atoms. The molecule has 4 nitrogen and oxygen atoms in total. The van der Waals surface area contributed by atoms with Gasteiger partial charge in [-0.1, -0.05) is 56.9 Å². The van der Waals surface area contributed by atoms with Gasteiger partial charge in [-0.15, -0.1) is 0 Å². The van der Waals surface area contributed by atoms with Crippen molar-refractivity contribution in [3.8, 4) is 11.5 Å². The summed E-state index contributed by atoms with van der Waals surface area (Å²) < 4.78 is 0. The molecule has 0 aromatic heterocycles. The summed E-state index contributed by atoms with van der Waals surface area (Å²) in [7, 11) is 0. The lowest BCUT2D eigenvalue weighted by molar-refractivity contribution is 0.0692. The zero-order chi connectivity index (χ0) is 21.1. The molecule has 0 atom stereocenters. The molecule has 1 aromatic rings. The molecule has 0 saturated heterocycles.